The van der Waals surface area contributed by atoms with Crippen molar-refractivity contribution in [2.75, 3.05) is 0 Å². The number of furan rings is 1. The van der Waals surface area contributed by atoms with Gasteiger partial charge in [-0.05, 0) is 106 Å². The fourth-order valence-electron chi connectivity index (χ4n) is 10.3. The molecule has 306 valence electrons. The zero-order valence-corrected chi connectivity index (χ0v) is 35.7. The van der Waals surface area contributed by atoms with E-state index in [1.807, 2.05) is 30.3 Å². The SMILES string of the molecule is Cc1c(-c2ccc(-n3c4c(c5ccccc53)CCc3c-4c(-c4nc(-c5ccccc5)nc(-c5ccc(-c6cccc7ccccc67)cc5)n4)cc4ccccc34)cc2)oc2ccccc12. The molecule has 13 rings (SSSR count). The Morgan fingerprint density at radius 1 is 0.431 bits per heavy atom. The smallest absolute Gasteiger partial charge is 0.164 e. The fraction of sp³-hybridized carbons (Fsp3) is 0.0500. The maximum Gasteiger partial charge on any atom is 0.164 e. The van der Waals surface area contributed by atoms with Gasteiger partial charge in [0.2, 0.25) is 0 Å². The summed E-state index contributed by atoms with van der Waals surface area (Å²) < 4.78 is 8.89. The number of aromatic nitrogens is 4. The molecular formula is C60H40N4O. The lowest BCUT2D eigenvalue weighted by Gasteiger charge is -2.25. The van der Waals surface area contributed by atoms with Gasteiger partial charge in [-0.2, -0.15) is 0 Å². The lowest BCUT2D eigenvalue weighted by Crippen LogP contribution is -2.10. The molecule has 0 atom stereocenters. The molecule has 0 radical (unpaired) electrons. The van der Waals surface area contributed by atoms with Crippen LogP contribution in [-0.2, 0) is 12.8 Å². The van der Waals surface area contributed by atoms with Crippen LogP contribution < -0.4 is 0 Å². The van der Waals surface area contributed by atoms with Gasteiger partial charge in [0.1, 0.15) is 11.3 Å². The highest BCUT2D eigenvalue weighted by Crippen LogP contribution is 2.48. The summed E-state index contributed by atoms with van der Waals surface area (Å²) in [5.74, 6) is 2.82. The molecule has 0 spiro atoms. The van der Waals surface area contributed by atoms with Crippen LogP contribution in [0.3, 0.4) is 0 Å². The Labute approximate surface area is 376 Å². The fourth-order valence-corrected chi connectivity index (χ4v) is 10.3. The molecule has 9 aromatic carbocycles. The molecule has 0 unspecified atom stereocenters. The Hall–Kier alpha value is -8.41. The Bertz CT molecular complexity index is 3820. The number of nitrogens with zero attached hydrogens (tertiary/aromatic N) is 4. The average molecular weight is 833 g/mol. The van der Waals surface area contributed by atoms with E-state index in [2.05, 4.69) is 181 Å². The normalized spacial score (nSPS) is 12.3. The molecule has 5 nitrogen and oxygen atoms in total. The van der Waals surface area contributed by atoms with Crippen LogP contribution in [0, 0.1) is 6.92 Å². The molecule has 3 heterocycles. The monoisotopic (exact) mass is 832 g/mol. The van der Waals surface area contributed by atoms with E-state index < -0.39 is 0 Å². The summed E-state index contributed by atoms with van der Waals surface area (Å²) in [5.41, 5.74) is 15.6. The zero-order chi connectivity index (χ0) is 43.0. The molecule has 1 aliphatic carbocycles. The largest absolute Gasteiger partial charge is 0.456 e. The van der Waals surface area contributed by atoms with Crippen LogP contribution in [0.15, 0.2) is 205 Å². The first-order chi connectivity index (χ1) is 32.1. The zero-order valence-electron chi connectivity index (χ0n) is 35.7. The van der Waals surface area contributed by atoms with E-state index in [1.54, 1.807) is 0 Å². The molecule has 0 amide bonds. The standard InChI is InChI=1S/C60H40N4O/c1-37-45-19-10-12-25-54(45)65-57(37)40-30-32-44(33-31-40)64-53-24-11-9-22-49(53)51-35-34-50-48-21-8-6-17-43(48)36-52(55(50)56(51)64)60-62-58(41-15-3-2-4-16-41)61-59(63-60)42-28-26-39(27-29-42)47-23-13-18-38-14-5-7-20-46(38)47/h2-33,36H,34-35H2,1H3. The number of aryl methyl sites for hydroxylation is 3. The molecule has 0 bridgehead atoms. The van der Waals surface area contributed by atoms with Crippen LogP contribution in [0.4, 0.5) is 0 Å². The lowest BCUT2D eigenvalue weighted by atomic mass is 9.82. The van der Waals surface area contributed by atoms with E-state index in [4.69, 9.17) is 19.4 Å². The Morgan fingerprint density at radius 2 is 1.02 bits per heavy atom. The minimum absolute atomic E-state index is 0.633. The van der Waals surface area contributed by atoms with Crippen LogP contribution >= 0.6 is 0 Å². The van der Waals surface area contributed by atoms with Crippen molar-refractivity contribution in [2.24, 2.45) is 0 Å². The number of benzene rings is 9. The van der Waals surface area contributed by atoms with Gasteiger partial charge in [-0.25, -0.2) is 15.0 Å². The quantitative estimate of drug-likeness (QED) is 0.167. The maximum atomic E-state index is 6.43. The average Bonchev–Trinajstić information content (AvgIpc) is 3.90. The van der Waals surface area contributed by atoms with Gasteiger partial charge in [-0.15, -0.1) is 0 Å². The van der Waals surface area contributed by atoms with Gasteiger partial charge in [-0.3, -0.25) is 0 Å². The summed E-state index contributed by atoms with van der Waals surface area (Å²) in [6.07, 6.45) is 1.81. The maximum absolute atomic E-state index is 6.43. The predicted molar refractivity (Wildman–Crippen MR) is 266 cm³/mol. The van der Waals surface area contributed by atoms with E-state index in [-0.39, 0.29) is 0 Å². The third-order valence-electron chi connectivity index (χ3n) is 13.4. The van der Waals surface area contributed by atoms with Gasteiger partial charge in [0.25, 0.3) is 0 Å². The van der Waals surface area contributed by atoms with Crippen LogP contribution in [0.5, 0.6) is 0 Å². The van der Waals surface area contributed by atoms with E-state index >= 15 is 0 Å². The summed E-state index contributed by atoms with van der Waals surface area (Å²) in [4.78, 5) is 16.0. The Kier molecular flexibility index (Phi) is 8.50. The van der Waals surface area contributed by atoms with Crippen molar-refractivity contribution >= 4 is 43.4 Å². The first-order valence-electron chi connectivity index (χ1n) is 22.3. The third-order valence-corrected chi connectivity index (χ3v) is 13.4. The molecule has 0 N–H and O–H groups in total. The second-order valence-electron chi connectivity index (χ2n) is 17.1. The first kappa shape index (κ1) is 37.2. The minimum Gasteiger partial charge on any atom is -0.456 e. The molecule has 0 saturated carbocycles. The Balaban J connectivity index is 1.02. The molecule has 3 aromatic heterocycles. The van der Waals surface area contributed by atoms with Crippen LogP contribution in [0.1, 0.15) is 16.7 Å². The molecule has 0 fully saturated rings. The first-order valence-corrected chi connectivity index (χ1v) is 22.3. The molecule has 0 saturated heterocycles. The van der Waals surface area contributed by atoms with Crippen molar-refractivity contribution in [1.29, 1.82) is 0 Å². The Morgan fingerprint density at radius 3 is 1.80 bits per heavy atom. The van der Waals surface area contributed by atoms with Crippen molar-refractivity contribution in [3.63, 3.8) is 0 Å². The number of hydrogen-bond donors (Lipinski definition) is 0. The van der Waals surface area contributed by atoms with Gasteiger partial charge in [0, 0.05) is 49.8 Å². The van der Waals surface area contributed by atoms with Gasteiger partial charge in [0.05, 0.1) is 11.2 Å². The van der Waals surface area contributed by atoms with Gasteiger partial charge >= 0.3 is 0 Å². The topological polar surface area (TPSA) is 56.7 Å². The van der Waals surface area contributed by atoms with Crippen LogP contribution in [0.2, 0.25) is 0 Å². The van der Waals surface area contributed by atoms with Crippen molar-refractivity contribution in [1.82, 2.24) is 19.5 Å². The molecule has 65 heavy (non-hydrogen) atoms. The van der Waals surface area contributed by atoms with Crippen molar-refractivity contribution in [3.8, 4) is 73.6 Å². The van der Waals surface area contributed by atoms with Gasteiger partial charge in [0.15, 0.2) is 17.5 Å². The molecule has 12 aromatic rings. The van der Waals surface area contributed by atoms with E-state index in [0.717, 1.165) is 68.6 Å². The van der Waals surface area contributed by atoms with E-state index in [9.17, 15) is 0 Å². The number of rotatable bonds is 6. The van der Waals surface area contributed by atoms with E-state index in [1.165, 1.54) is 60.4 Å². The second-order valence-corrected chi connectivity index (χ2v) is 17.1. The summed E-state index contributed by atoms with van der Waals surface area (Å²) in [7, 11) is 0. The number of hydrogen-bond acceptors (Lipinski definition) is 4. The summed E-state index contributed by atoms with van der Waals surface area (Å²) in [6.45, 7) is 2.14. The predicted octanol–water partition coefficient (Wildman–Crippen LogP) is 15.3. The van der Waals surface area contributed by atoms with Crippen molar-refractivity contribution in [2.45, 2.75) is 19.8 Å². The van der Waals surface area contributed by atoms with E-state index in [0.29, 0.717) is 17.5 Å². The van der Waals surface area contributed by atoms with Crippen molar-refractivity contribution in [3.05, 3.63) is 217 Å². The minimum atomic E-state index is 0.633. The van der Waals surface area contributed by atoms with Gasteiger partial charge < -0.3 is 8.98 Å². The highest BCUT2D eigenvalue weighted by atomic mass is 16.3. The molecule has 1 aliphatic rings. The summed E-state index contributed by atoms with van der Waals surface area (Å²) in [6, 6.07) is 71.0. The third kappa shape index (κ3) is 6.04. The van der Waals surface area contributed by atoms with Crippen LogP contribution in [-0.4, -0.2) is 19.5 Å². The number of fused-ring (bicyclic) bond motifs is 9. The summed E-state index contributed by atoms with van der Waals surface area (Å²) >= 11 is 0. The molecule has 0 aliphatic heterocycles. The molecule has 5 heteroatoms. The lowest BCUT2D eigenvalue weighted by molar-refractivity contribution is 0.629. The molecular weight excluding hydrogens is 793 g/mol. The van der Waals surface area contributed by atoms with Crippen LogP contribution in [0.25, 0.3) is 117 Å². The van der Waals surface area contributed by atoms with Crippen molar-refractivity contribution < 1.29 is 4.42 Å². The highest BCUT2D eigenvalue weighted by molar-refractivity contribution is 6.05. The highest BCUT2D eigenvalue weighted by Gasteiger charge is 2.31. The second kappa shape index (κ2) is 14.9. The summed E-state index contributed by atoms with van der Waals surface area (Å²) in [5, 5.41) is 7.28. The van der Waals surface area contributed by atoms with Gasteiger partial charge in [-0.1, -0.05) is 158 Å². The number of para-hydroxylation sites is 2.